The minimum Gasteiger partial charge on any atom is -0.351 e. The van der Waals surface area contributed by atoms with Gasteiger partial charge in [-0.15, -0.1) is 0 Å². The molecule has 0 radical (unpaired) electrons. The first-order valence-corrected chi connectivity index (χ1v) is 5.32. The summed E-state index contributed by atoms with van der Waals surface area (Å²) in [4.78, 5) is 8.51. The van der Waals surface area contributed by atoms with Gasteiger partial charge in [-0.3, -0.25) is 0 Å². The molecule has 0 aliphatic heterocycles. The third-order valence-corrected chi connectivity index (χ3v) is 2.26. The molecular formula is C11H19N3. The Morgan fingerprint density at radius 1 is 1.43 bits per heavy atom. The van der Waals surface area contributed by atoms with Gasteiger partial charge in [-0.05, 0) is 25.8 Å². The average Bonchev–Trinajstić information content (AvgIpc) is 2.17. The van der Waals surface area contributed by atoms with Crippen molar-refractivity contribution in [3.8, 4) is 0 Å². The maximum absolute atomic E-state index is 4.32. The fourth-order valence-corrected chi connectivity index (χ4v) is 1.43. The summed E-state index contributed by atoms with van der Waals surface area (Å²) >= 11 is 0. The molecule has 0 bridgehead atoms. The van der Waals surface area contributed by atoms with Crippen LogP contribution in [0.1, 0.15) is 38.8 Å². The van der Waals surface area contributed by atoms with Gasteiger partial charge < -0.3 is 5.32 Å². The lowest BCUT2D eigenvalue weighted by Gasteiger charge is -2.15. The van der Waals surface area contributed by atoms with Gasteiger partial charge in [-0.1, -0.05) is 20.3 Å². The molecule has 3 heteroatoms. The molecule has 0 saturated heterocycles. The van der Waals surface area contributed by atoms with Crippen LogP contribution in [0.2, 0.25) is 0 Å². The predicted molar refractivity (Wildman–Crippen MR) is 59.4 cm³/mol. The number of nitrogens with zero attached hydrogens (tertiary/aromatic N) is 2. The monoisotopic (exact) mass is 193 g/mol. The summed E-state index contributed by atoms with van der Waals surface area (Å²) in [6, 6.07) is 2.41. The van der Waals surface area contributed by atoms with Crippen LogP contribution in [0.3, 0.4) is 0 Å². The van der Waals surface area contributed by atoms with E-state index in [2.05, 4.69) is 29.1 Å². The topological polar surface area (TPSA) is 37.8 Å². The Kier molecular flexibility index (Phi) is 4.36. The van der Waals surface area contributed by atoms with Gasteiger partial charge >= 0.3 is 0 Å². The van der Waals surface area contributed by atoms with Crippen LogP contribution in [0.4, 0.5) is 5.95 Å². The van der Waals surface area contributed by atoms with Gasteiger partial charge in [0.2, 0.25) is 5.95 Å². The normalized spacial score (nSPS) is 12.5. The van der Waals surface area contributed by atoms with E-state index in [1.807, 2.05) is 13.0 Å². The third kappa shape index (κ3) is 3.32. The zero-order valence-electron chi connectivity index (χ0n) is 9.25. The van der Waals surface area contributed by atoms with E-state index in [4.69, 9.17) is 0 Å². The highest BCUT2D eigenvalue weighted by Crippen LogP contribution is 2.08. The van der Waals surface area contributed by atoms with E-state index in [0.717, 1.165) is 18.1 Å². The highest BCUT2D eigenvalue weighted by atomic mass is 15.1. The molecule has 1 unspecified atom stereocenters. The Balaban J connectivity index is 2.57. The van der Waals surface area contributed by atoms with Crippen molar-refractivity contribution in [3.63, 3.8) is 0 Å². The van der Waals surface area contributed by atoms with Crippen molar-refractivity contribution in [1.82, 2.24) is 9.97 Å². The molecule has 1 aromatic rings. The smallest absolute Gasteiger partial charge is 0.223 e. The molecule has 1 heterocycles. The molecule has 1 atom stereocenters. The summed E-state index contributed by atoms with van der Waals surface area (Å²) in [6.45, 7) is 6.36. The average molecular weight is 193 g/mol. The standard InChI is InChI=1S/C11H19N3/c1-4-6-10(5-2)14-11-12-8-7-9(3)13-11/h7-8,10H,4-6H2,1-3H3,(H,12,13,14). The predicted octanol–water partition coefficient (Wildman–Crippen LogP) is 2.78. The third-order valence-electron chi connectivity index (χ3n) is 2.26. The molecule has 0 aliphatic rings. The number of aryl methyl sites for hydroxylation is 1. The van der Waals surface area contributed by atoms with E-state index in [9.17, 15) is 0 Å². The molecule has 14 heavy (non-hydrogen) atoms. The Morgan fingerprint density at radius 3 is 2.79 bits per heavy atom. The first kappa shape index (κ1) is 11.0. The van der Waals surface area contributed by atoms with Crippen LogP contribution in [0.25, 0.3) is 0 Å². The van der Waals surface area contributed by atoms with Crippen LogP contribution in [0.15, 0.2) is 12.3 Å². The van der Waals surface area contributed by atoms with Crippen molar-refractivity contribution >= 4 is 5.95 Å². The van der Waals surface area contributed by atoms with Gasteiger partial charge in [0.05, 0.1) is 0 Å². The van der Waals surface area contributed by atoms with Gasteiger partial charge in [-0.25, -0.2) is 9.97 Å². The number of aromatic nitrogens is 2. The maximum Gasteiger partial charge on any atom is 0.223 e. The van der Waals surface area contributed by atoms with Crippen LogP contribution in [-0.2, 0) is 0 Å². The van der Waals surface area contributed by atoms with Crippen molar-refractivity contribution < 1.29 is 0 Å². The lowest BCUT2D eigenvalue weighted by molar-refractivity contribution is 0.617. The van der Waals surface area contributed by atoms with Gasteiger partial charge in [0, 0.05) is 17.9 Å². The Bertz CT molecular complexity index is 273. The SMILES string of the molecule is CCCC(CC)Nc1nccc(C)n1. The van der Waals surface area contributed by atoms with E-state index < -0.39 is 0 Å². The summed E-state index contributed by atoms with van der Waals surface area (Å²) < 4.78 is 0. The summed E-state index contributed by atoms with van der Waals surface area (Å²) in [5.74, 6) is 0.755. The molecule has 0 aliphatic carbocycles. The summed E-state index contributed by atoms with van der Waals surface area (Å²) in [7, 11) is 0. The lowest BCUT2D eigenvalue weighted by Crippen LogP contribution is -2.19. The largest absolute Gasteiger partial charge is 0.351 e. The molecule has 0 spiro atoms. The molecule has 0 aromatic carbocycles. The van der Waals surface area contributed by atoms with Crippen LogP contribution < -0.4 is 5.32 Å². The van der Waals surface area contributed by atoms with E-state index in [1.165, 1.54) is 12.8 Å². The van der Waals surface area contributed by atoms with E-state index >= 15 is 0 Å². The molecule has 1 N–H and O–H groups in total. The van der Waals surface area contributed by atoms with Crippen molar-refractivity contribution in [2.24, 2.45) is 0 Å². The molecule has 78 valence electrons. The van der Waals surface area contributed by atoms with Crippen molar-refractivity contribution in [2.75, 3.05) is 5.32 Å². The quantitative estimate of drug-likeness (QED) is 0.781. The van der Waals surface area contributed by atoms with Crippen LogP contribution in [0, 0.1) is 6.92 Å². The summed E-state index contributed by atoms with van der Waals surface area (Å²) in [6.07, 6.45) is 5.28. The maximum atomic E-state index is 4.32. The number of hydrogen-bond donors (Lipinski definition) is 1. The lowest BCUT2D eigenvalue weighted by atomic mass is 10.1. The van der Waals surface area contributed by atoms with E-state index in [-0.39, 0.29) is 0 Å². The fourth-order valence-electron chi connectivity index (χ4n) is 1.43. The second-order valence-corrected chi connectivity index (χ2v) is 3.56. The molecule has 0 saturated carbocycles. The molecular weight excluding hydrogens is 174 g/mol. The highest BCUT2D eigenvalue weighted by molar-refractivity contribution is 5.26. The zero-order chi connectivity index (χ0) is 10.4. The Morgan fingerprint density at radius 2 is 2.21 bits per heavy atom. The van der Waals surface area contributed by atoms with E-state index in [1.54, 1.807) is 6.20 Å². The second-order valence-electron chi connectivity index (χ2n) is 3.56. The molecule has 3 nitrogen and oxygen atoms in total. The van der Waals surface area contributed by atoms with Crippen molar-refractivity contribution in [1.29, 1.82) is 0 Å². The van der Waals surface area contributed by atoms with E-state index in [0.29, 0.717) is 6.04 Å². The first-order chi connectivity index (χ1) is 6.76. The van der Waals surface area contributed by atoms with Crippen molar-refractivity contribution in [3.05, 3.63) is 18.0 Å². The van der Waals surface area contributed by atoms with Gasteiger partial charge in [0.15, 0.2) is 0 Å². The Hall–Kier alpha value is -1.12. The first-order valence-electron chi connectivity index (χ1n) is 5.32. The minimum atomic E-state index is 0.502. The van der Waals surface area contributed by atoms with Gasteiger partial charge in [0.1, 0.15) is 0 Å². The number of rotatable bonds is 5. The highest BCUT2D eigenvalue weighted by Gasteiger charge is 2.05. The minimum absolute atomic E-state index is 0.502. The molecule has 0 amide bonds. The second kappa shape index (κ2) is 5.58. The van der Waals surface area contributed by atoms with Gasteiger partial charge in [0.25, 0.3) is 0 Å². The van der Waals surface area contributed by atoms with Gasteiger partial charge in [-0.2, -0.15) is 0 Å². The van der Waals surface area contributed by atoms with Crippen LogP contribution in [-0.4, -0.2) is 16.0 Å². The molecule has 1 aromatic heterocycles. The van der Waals surface area contributed by atoms with Crippen LogP contribution >= 0.6 is 0 Å². The summed E-state index contributed by atoms with van der Waals surface area (Å²) in [5, 5.41) is 3.35. The fraction of sp³-hybridized carbons (Fsp3) is 0.636. The Labute approximate surface area is 86.0 Å². The summed E-state index contributed by atoms with van der Waals surface area (Å²) in [5.41, 5.74) is 1.01. The van der Waals surface area contributed by atoms with Crippen molar-refractivity contribution in [2.45, 2.75) is 46.1 Å². The van der Waals surface area contributed by atoms with Crippen LogP contribution in [0.5, 0.6) is 0 Å². The zero-order valence-corrected chi connectivity index (χ0v) is 9.25. The molecule has 1 rings (SSSR count). The number of anilines is 1. The number of hydrogen-bond acceptors (Lipinski definition) is 3. The number of nitrogens with one attached hydrogen (secondary N) is 1. The molecule has 0 fully saturated rings.